The van der Waals surface area contributed by atoms with Crippen LogP contribution >= 0.6 is 39.1 Å². The zero-order chi connectivity index (χ0) is 14.0. The van der Waals surface area contributed by atoms with E-state index in [1.54, 1.807) is 18.2 Å². The first kappa shape index (κ1) is 14.3. The van der Waals surface area contributed by atoms with Crippen molar-refractivity contribution in [1.82, 2.24) is 0 Å². The fourth-order valence-electron chi connectivity index (χ4n) is 1.47. The molecule has 2 rings (SSSR count). The van der Waals surface area contributed by atoms with Crippen molar-refractivity contribution in [1.29, 1.82) is 0 Å². The van der Waals surface area contributed by atoms with Crippen LogP contribution in [0.1, 0.15) is 10.4 Å². The average Bonchev–Trinajstić information content (AvgIpc) is 2.37. The number of carbonyl (C=O) groups is 1. The quantitative estimate of drug-likeness (QED) is 0.786. The number of nitrogens with one attached hydrogen (secondary N) is 1. The van der Waals surface area contributed by atoms with Crippen molar-refractivity contribution in [3.05, 3.63) is 62.3 Å². The predicted molar refractivity (Wildman–Crippen MR) is 78.5 cm³/mol. The van der Waals surface area contributed by atoms with Crippen LogP contribution in [0.5, 0.6) is 0 Å². The van der Waals surface area contributed by atoms with Gasteiger partial charge < -0.3 is 5.32 Å². The van der Waals surface area contributed by atoms with E-state index in [4.69, 9.17) is 23.2 Å². The van der Waals surface area contributed by atoms with Crippen LogP contribution in [-0.2, 0) is 0 Å². The molecule has 0 radical (unpaired) electrons. The van der Waals surface area contributed by atoms with Crippen molar-refractivity contribution in [3.8, 4) is 0 Å². The Hall–Kier alpha value is -1.10. The Kier molecular flexibility index (Phi) is 4.45. The predicted octanol–water partition coefficient (Wildman–Crippen LogP) is 5.15. The number of halogens is 4. The topological polar surface area (TPSA) is 29.1 Å². The molecule has 19 heavy (non-hydrogen) atoms. The first-order valence-electron chi connectivity index (χ1n) is 5.19. The lowest BCUT2D eigenvalue weighted by atomic mass is 10.2. The molecule has 0 atom stereocenters. The lowest BCUT2D eigenvalue weighted by molar-refractivity contribution is 0.102. The van der Waals surface area contributed by atoms with Gasteiger partial charge in [-0.3, -0.25) is 4.79 Å². The van der Waals surface area contributed by atoms with Gasteiger partial charge in [-0.25, -0.2) is 4.39 Å². The van der Waals surface area contributed by atoms with Gasteiger partial charge in [0.1, 0.15) is 5.82 Å². The van der Waals surface area contributed by atoms with E-state index in [1.165, 1.54) is 18.2 Å². The number of anilines is 1. The minimum absolute atomic E-state index is 0.0646. The van der Waals surface area contributed by atoms with Gasteiger partial charge in [-0.1, -0.05) is 45.2 Å². The largest absolute Gasteiger partial charge is 0.318 e. The van der Waals surface area contributed by atoms with Crippen molar-refractivity contribution in [3.63, 3.8) is 0 Å². The molecule has 0 fully saturated rings. The van der Waals surface area contributed by atoms with Crippen LogP contribution in [0.15, 0.2) is 40.9 Å². The first-order chi connectivity index (χ1) is 8.99. The van der Waals surface area contributed by atoms with Crippen molar-refractivity contribution < 1.29 is 9.18 Å². The normalized spacial score (nSPS) is 10.3. The van der Waals surface area contributed by atoms with Crippen LogP contribution in [0.3, 0.4) is 0 Å². The zero-order valence-electron chi connectivity index (χ0n) is 9.38. The second kappa shape index (κ2) is 5.90. The van der Waals surface area contributed by atoms with Crippen LogP contribution in [-0.4, -0.2) is 5.91 Å². The maximum absolute atomic E-state index is 13.6. The van der Waals surface area contributed by atoms with Gasteiger partial charge >= 0.3 is 0 Å². The Morgan fingerprint density at radius 2 is 1.89 bits per heavy atom. The Balaban J connectivity index is 2.34. The summed E-state index contributed by atoms with van der Waals surface area (Å²) in [6.45, 7) is 0. The fraction of sp³-hybridized carbons (Fsp3) is 0. The molecular formula is C13H7BrCl2FNO. The molecule has 0 bridgehead atoms. The molecule has 0 unspecified atom stereocenters. The van der Waals surface area contributed by atoms with Crippen LogP contribution in [0, 0.1) is 5.82 Å². The molecule has 98 valence electrons. The fourth-order valence-corrected chi connectivity index (χ4v) is 2.24. The Morgan fingerprint density at radius 3 is 2.58 bits per heavy atom. The van der Waals surface area contributed by atoms with Crippen LogP contribution < -0.4 is 5.32 Å². The molecule has 0 aliphatic rings. The summed E-state index contributed by atoms with van der Waals surface area (Å²) in [6, 6.07) is 8.98. The highest BCUT2D eigenvalue weighted by molar-refractivity contribution is 9.10. The molecule has 2 aromatic rings. The number of benzene rings is 2. The Morgan fingerprint density at radius 1 is 1.16 bits per heavy atom. The second-order valence-electron chi connectivity index (χ2n) is 3.67. The molecule has 0 aliphatic heterocycles. The Bertz CT molecular complexity index is 628. The third-order valence-electron chi connectivity index (χ3n) is 2.37. The molecular weight excluding hydrogens is 356 g/mol. The molecule has 0 saturated heterocycles. The summed E-state index contributed by atoms with van der Waals surface area (Å²) in [4.78, 5) is 12.0. The van der Waals surface area contributed by atoms with Crippen molar-refractivity contribution >= 4 is 50.7 Å². The maximum atomic E-state index is 13.6. The lowest BCUT2D eigenvalue weighted by Crippen LogP contribution is -2.14. The number of hydrogen-bond acceptors (Lipinski definition) is 1. The van der Waals surface area contributed by atoms with E-state index in [-0.39, 0.29) is 21.3 Å². The number of para-hydroxylation sites is 1. The van der Waals surface area contributed by atoms with E-state index in [2.05, 4.69) is 21.2 Å². The molecule has 0 heterocycles. The minimum Gasteiger partial charge on any atom is -0.318 e. The van der Waals surface area contributed by atoms with E-state index >= 15 is 0 Å². The minimum atomic E-state index is -0.605. The smallest absolute Gasteiger partial charge is 0.257 e. The van der Waals surface area contributed by atoms with Crippen LogP contribution in [0.2, 0.25) is 10.0 Å². The van der Waals surface area contributed by atoms with Gasteiger partial charge in [0.25, 0.3) is 5.91 Å². The number of hydrogen-bond donors (Lipinski definition) is 1. The van der Waals surface area contributed by atoms with E-state index < -0.39 is 11.7 Å². The molecule has 0 saturated carbocycles. The molecule has 2 nitrogen and oxygen atoms in total. The number of rotatable bonds is 2. The summed E-state index contributed by atoms with van der Waals surface area (Å²) >= 11 is 15.0. The van der Waals surface area contributed by atoms with E-state index in [0.29, 0.717) is 4.47 Å². The van der Waals surface area contributed by atoms with Crippen LogP contribution in [0.4, 0.5) is 10.1 Å². The van der Waals surface area contributed by atoms with Crippen molar-refractivity contribution in [2.45, 2.75) is 0 Å². The third kappa shape index (κ3) is 3.26. The molecule has 1 N–H and O–H groups in total. The molecule has 6 heteroatoms. The van der Waals surface area contributed by atoms with Crippen LogP contribution in [0.25, 0.3) is 0 Å². The summed E-state index contributed by atoms with van der Waals surface area (Å²) in [7, 11) is 0. The van der Waals surface area contributed by atoms with Gasteiger partial charge in [-0.2, -0.15) is 0 Å². The summed E-state index contributed by atoms with van der Waals surface area (Å²) in [5.41, 5.74) is 0.167. The molecule has 0 aliphatic carbocycles. The van der Waals surface area contributed by atoms with Gasteiger partial charge in [0.15, 0.2) is 0 Å². The van der Waals surface area contributed by atoms with Crippen molar-refractivity contribution in [2.24, 2.45) is 0 Å². The molecule has 2 aromatic carbocycles. The van der Waals surface area contributed by atoms with E-state index in [1.807, 2.05) is 0 Å². The molecule has 0 spiro atoms. The van der Waals surface area contributed by atoms with Gasteiger partial charge in [0.05, 0.1) is 21.3 Å². The van der Waals surface area contributed by atoms with E-state index in [0.717, 1.165) is 0 Å². The summed E-state index contributed by atoms with van der Waals surface area (Å²) in [6.07, 6.45) is 0. The van der Waals surface area contributed by atoms with E-state index in [9.17, 15) is 9.18 Å². The second-order valence-corrected chi connectivity index (χ2v) is 5.41. The number of amides is 1. The van der Waals surface area contributed by atoms with Gasteiger partial charge in [0, 0.05) is 4.47 Å². The zero-order valence-corrected chi connectivity index (χ0v) is 12.5. The highest BCUT2D eigenvalue weighted by Crippen LogP contribution is 2.27. The van der Waals surface area contributed by atoms with Gasteiger partial charge in [-0.15, -0.1) is 0 Å². The molecule has 0 aromatic heterocycles. The monoisotopic (exact) mass is 361 g/mol. The maximum Gasteiger partial charge on any atom is 0.257 e. The summed E-state index contributed by atoms with van der Waals surface area (Å²) < 4.78 is 14.3. The molecule has 1 amide bonds. The highest BCUT2D eigenvalue weighted by atomic mass is 79.9. The summed E-state index contributed by atoms with van der Waals surface area (Å²) in [5.74, 6) is -1.13. The lowest BCUT2D eigenvalue weighted by Gasteiger charge is -2.09. The number of carbonyl (C=O) groups excluding carboxylic acids is 1. The van der Waals surface area contributed by atoms with Crippen molar-refractivity contribution in [2.75, 3.05) is 5.32 Å². The summed E-state index contributed by atoms with van der Waals surface area (Å²) in [5, 5.41) is 2.81. The average molecular weight is 363 g/mol. The first-order valence-corrected chi connectivity index (χ1v) is 6.74. The highest BCUT2D eigenvalue weighted by Gasteiger charge is 2.15. The Labute approximate surface area is 127 Å². The SMILES string of the molecule is O=C(Nc1c(F)cccc1Cl)c1cc(Br)ccc1Cl. The van der Waals surface area contributed by atoms with Gasteiger partial charge in [0.2, 0.25) is 0 Å². The third-order valence-corrected chi connectivity index (χ3v) is 3.51. The van der Waals surface area contributed by atoms with Gasteiger partial charge in [-0.05, 0) is 30.3 Å². The standard InChI is InChI=1S/C13H7BrCl2FNO/c14-7-4-5-9(15)8(6-7)13(19)18-12-10(16)2-1-3-11(12)17/h1-6H,(H,18,19).